The van der Waals surface area contributed by atoms with Gasteiger partial charge in [0.2, 0.25) is 0 Å². The van der Waals surface area contributed by atoms with E-state index in [9.17, 15) is 0 Å². The van der Waals surface area contributed by atoms with E-state index < -0.39 is 0 Å². The van der Waals surface area contributed by atoms with Crippen molar-refractivity contribution in [1.29, 1.82) is 0 Å². The van der Waals surface area contributed by atoms with Gasteiger partial charge in [-0.2, -0.15) is 11.8 Å². The molecule has 80 valence electrons. The lowest BCUT2D eigenvalue weighted by molar-refractivity contribution is 0.740. The van der Waals surface area contributed by atoms with Crippen LogP contribution >= 0.6 is 23.1 Å². The highest BCUT2D eigenvalue weighted by Gasteiger charge is 2.02. The number of hydrogen-bond acceptors (Lipinski definition) is 5. The van der Waals surface area contributed by atoms with Crippen LogP contribution in [0.25, 0.3) is 0 Å². The number of anilines is 1. The van der Waals surface area contributed by atoms with Crippen LogP contribution in [0.4, 0.5) is 5.13 Å². The van der Waals surface area contributed by atoms with E-state index in [1.54, 1.807) is 11.3 Å². The fourth-order valence-electron chi connectivity index (χ4n) is 0.971. The van der Waals surface area contributed by atoms with E-state index in [1.165, 1.54) is 10.6 Å². The average Bonchev–Trinajstić information content (AvgIpc) is 2.61. The highest BCUT2D eigenvalue weighted by molar-refractivity contribution is 7.98. The number of nitrogens with one attached hydrogen (secondary N) is 1. The molecule has 1 N–H and O–H groups in total. The van der Waals surface area contributed by atoms with Crippen molar-refractivity contribution in [3.05, 3.63) is 11.1 Å². The highest BCUT2D eigenvalue weighted by Crippen LogP contribution is 2.19. The zero-order valence-electron chi connectivity index (χ0n) is 8.91. The van der Waals surface area contributed by atoms with Crippen molar-refractivity contribution in [2.24, 2.45) is 0 Å². The first-order valence-corrected chi connectivity index (χ1v) is 6.76. The lowest BCUT2D eigenvalue weighted by Crippen LogP contribution is -2.15. The van der Waals surface area contributed by atoms with Crippen LogP contribution < -0.4 is 10.2 Å². The van der Waals surface area contributed by atoms with Crippen LogP contribution in [0.3, 0.4) is 0 Å². The lowest BCUT2D eigenvalue weighted by Gasteiger charge is -2.05. The summed E-state index contributed by atoms with van der Waals surface area (Å²) in [5.41, 5.74) is 0. The molecule has 1 rings (SSSR count). The van der Waals surface area contributed by atoms with Gasteiger partial charge < -0.3 is 10.2 Å². The Balaban J connectivity index is 2.29. The van der Waals surface area contributed by atoms with Gasteiger partial charge in [0.25, 0.3) is 0 Å². The summed E-state index contributed by atoms with van der Waals surface area (Å²) < 4.78 is 0. The summed E-state index contributed by atoms with van der Waals surface area (Å²) >= 11 is 3.61. The zero-order valence-corrected chi connectivity index (χ0v) is 10.5. The van der Waals surface area contributed by atoms with Crippen molar-refractivity contribution in [3.63, 3.8) is 0 Å². The fraction of sp³-hybridized carbons (Fsp3) is 0.667. The predicted molar refractivity (Wildman–Crippen MR) is 66.5 cm³/mol. The highest BCUT2D eigenvalue weighted by atomic mass is 32.2. The van der Waals surface area contributed by atoms with E-state index in [-0.39, 0.29) is 0 Å². The molecule has 0 aliphatic carbocycles. The van der Waals surface area contributed by atoms with Crippen molar-refractivity contribution in [3.8, 4) is 0 Å². The molecule has 0 fully saturated rings. The molecule has 0 atom stereocenters. The molecule has 1 aromatic rings. The Hall–Kier alpha value is -0.260. The largest absolute Gasteiger partial charge is 0.354 e. The molecule has 1 aromatic heterocycles. The quantitative estimate of drug-likeness (QED) is 0.754. The summed E-state index contributed by atoms with van der Waals surface area (Å²) in [6.45, 7) is 2.00. The van der Waals surface area contributed by atoms with E-state index in [2.05, 4.69) is 16.6 Å². The van der Waals surface area contributed by atoms with E-state index in [0.29, 0.717) is 0 Å². The molecule has 0 unspecified atom stereocenters. The van der Waals surface area contributed by atoms with E-state index in [0.717, 1.165) is 18.2 Å². The van der Waals surface area contributed by atoms with E-state index in [1.807, 2.05) is 37.0 Å². The minimum atomic E-state index is 0.937. The maximum Gasteiger partial charge on any atom is 0.185 e. The first-order valence-electron chi connectivity index (χ1n) is 4.55. The monoisotopic (exact) mass is 231 g/mol. The maximum absolute atomic E-state index is 4.31. The standard InChI is InChI=1S/C9H17N3S2/c1-12(2)9-11-7-8(14-9)6-10-4-5-13-3/h7,10H,4-6H2,1-3H3. The van der Waals surface area contributed by atoms with E-state index in [4.69, 9.17) is 0 Å². The number of hydrogen-bond donors (Lipinski definition) is 1. The second-order valence-electron chi connectivity index (χ2n) is 3.17. The van der Waals surface area contributed by atoms with Crippen LogP contribution in [-0.4, -0.2) is 37.6 Å². The minimum absolute atomic E-state index is 0.937. The Morgan fingerprint density at radius 3 is 2.93 bits per heavy atom. The summed E-state index contributed by atoms with van der Waals surface area (Å²) in [4.78, 5) is 7.65. The van der Waals surface area contributed by atoms with Crippen LogP contribution in [-0.2, 0) is 6.54 Å². The Kier molecular flexibility index (Phi) is 5.29. The van der Waals surface area contributed by atoms with Gasteiger partial charge in [-0.05, 0) is 6.26 Å². The summed E-state index contributed by atoms with van der Waals surface area (Å²) in [5.74, 6) is 1.17. The van der Waals surface area contributed by atoms with Gasteiger partial charge in [-0.15, -0.1) is 11.3 Å². The Bertz CT molecular complexity index is 260. The summed E-state index contributed by atoms with van der Waals surface area (Å²) in [5, 5.41) is 4.46. The number of nitrogens with zero attached hydrogens (tertiary/aromatic N) is 2. The van der Waals surface area contributed by atoms with Crippen LogP contribution in [0.2, 0.25) is 0 Å². The molecule has 0 aromatic carbocycles. The molecule has 14 heavy (non-hydrogen) atoms. The van der Waals surface area contributed by atoms with Gasteiger partial charge in [-0.3, -0.25) is 0 Å². The third-order valence-electron chi connectivity index (χ3n) is 1.71. The molecule has 0 bridgehead atoms. The normalized spacial score (nSPS) is 10.5. The molecule has 0 saturated carbocycles. The molecule has 0 aliphatic rings. The summed E-state index contributed by atoms with van der Waals surface area (Å²) in [6.07, 6.45) is 4.07. The van der Waals surface area contributed by atoms with Crippen molar-refractivity contribution in [2.75, 3.05) is 37.5 Å². The van der Waals surface area contributed by atoms with Gasteiger partial charge in [-0.1, -0.05) is 0 Å². The fourth-order valence-corrected chi connectivity index (χ4v) is 2.12. The molecule has 5 heteroatoms. The van der Waals surface area contributed by atoms with Crippen molar-refractivity contribution >= 4 is 28.2 Å². The molecule has 0 amide bonds. The zero-order chi connectivity index (χ0) is 10.4. The van der Waals surface area contributed by atoms with Crippen LogP contribution in [0, 0.1) is 0 Å². The van der Waals surface area contributed by atoms with Gasteiger partial charge >= 0.3 is 0 Å². The predicted octanol–water partition coefficient (Wildman–Crippen LogP) is 1.66. The molecule has 1 heterocycles. The Labute approximate surface area is 93.9 Å². The van der Waals surface area contributed by atoms with Crippen LogP contribution in [0.5, 0.6) is 0 Å². The number of aromatic nitrogens is 1. The second-order valence-corrected chi connectivity index (χ2v) is 5.25. The van der Waals surface area contributed by atoms with Crippen LogP contribution in [0.1, 0.15) is 4.88 Å². The molecular weight excluding hydrogens is 214 g/mol. The topological polar surface area (TPSA) is 28.2 Å². The first kappa shape index (κ1) is 11.8. The summed E-state index contributed by atoms with van der Waals surface area (Å²) in [6, 6.07) is 0. The Morgan fingerprint density at radius 1 is 1.57 bits per heavy atom. The molecule has 3 nitrogen and oxygen atoms in total. The van der Waals surface area contributed by atoms with Crippen molar-refractivity contribution in [1.82, 2.24) is 10.3 Å². The third kappa shape index (κ3) is 3.86. The SMILES string of the molecule is CSCCNCc1cnc(N(C)C)s1. The van der Waals surface area contributed by atoms with Gasteiger partial charge in [0.15, 0.2) is 5.13 Å². The molecule has 0 aliphatic heterocycles. The second kappa shape index (κ2) is 6.27. The smallest absolute Gasteiger partial charge is 0.185 e. The number of thiazole rings is 1. The molecule has 0 spiro atoms. The molecule has 0 saturated heterocycles. The minimum Gasteiger partial charge on any atom is -0.354 e. The molecule has 0 radical (unpaired) electrons. The lowest BCUT2D eigenvalue weighted by atomic mass is 10.5. The van der Waals surface area contributed by atoms with Gasteiger partial charge in [0.05, 0.1) is 0 Å². The number of thioether (sulfide) groups is 1. The van der Waals surface area contributed by atoms with Crippen LogP contribution in [0.15, 0.2) is 6.20 Å². The van der Waals surface area contributed by atoms with Gasteiger partial charge in [0, 0.05) is 44.0 Å². The van der Waals surface area contributed by atoms with Gasteiger partial charge in [0.1, 0.15) is 0 Å². The third-order valence-corrected chi connectivity index (χ3v) is 3.48. The van der Waals surface area contributed by atoms with Crippen molar-refractivity contribution < 1.29 is 0 Å². The molecular formula is C9H17N3S2. The summed E-state index contributed by atoms with van der Waals surface area (Å²) in [7, 11) is 4.04. The van der Waals surface area contributed by atoms with Crippen molar-refractivity contribution in [2.45, 2.75) is 6.54 Å². The first-order chi connectivity index (χ1) is 6.74. The van der Waals surface area contributed by atoms with Gasteiger partial charge in [-0.25, -0.2) is 4.98 Å². The number of rotatable bonds is 6. The Morgan fingerprint density at radius 2 is 2.36 bits per heavy atom. The average molecular weight is 231 g/mol. The van der Waals surface area contributed by atoms with E-state index >= 15 is 0 Å². The maximum atomic E-state index is 4.31.